The molecule has 0 spiro atoms. The Morgan fingerprint density at radius 3 is 2.17 bits per heavy atom. The van der Waals surface area contributed by atoms with Gasteiger partial charge in [0.2, 0.25) is 20.8 Å². The molecule has 0 saturated carbocycles. The number of fused-ring (bicyclic) bond motifs is 1. The van der Waals surface area contributed by atoms with Gasteiger partial charge in [0, 0.05) is 18.3 Å². The van der Waals surface area contributed by atoms with Crippen molar-refractivity contribution in [3.05, 3.63) is 89.8 Å². The van der Waals surface area contributed by atoms with Crippen LogP contribution in [-0.4, -0.2) is 62.5 Å². The van der Waals surface area contributed by atoms with Crippen molar-refractivity contribution in [2.24, 2.45) is 0 Å². The van der Waals surface area contributed by atoms with Crippen LogP contribution in [0.15, 0.2) is 73.1 Å². The summed E-state index contributed by atoms with van der Waals surface area (Å²) in [6.45, 7) is 0.559. The van der Waals surface area contributed by atoms with Gasteiger partial charge in [0.25, 0.3) is 0 Å². The molecule has 3 aromatic rings. The third kappa shape index (κ3) is 8.89. The summed E-state index contributed by atoms with van der Waals surface area (Å²) in [5.41, 5.74) is 1.73. The van der Waals surface area contributed by atoms with E-state index in [1.54, 1.807) is 67.0 Å². The van der Waals surface area contributed by atoms with Crippen molar-refractivity contribution in [1.29, 1.82) is 0 Å². The van der Waals surface area contributed by atoms with Crippen molar-refractivity contribution >= 4 is 26.4 Å². The smallest absolute Gasteiger partial charge is 0.726 e. The second-order valence-corrected chi connectivity index (χ2v) is 10.8. The fourth-order valence-electron chi connectivity index (χ4n) is 4.69. The third-order valence-electron chi connectivity index (χ3n) is 6.26. The van der Waals surface area contributed by atoms with Gasteiger partial charge in [0.05, 0.1) is 12.7 Å². The molecule has 0 fully saturated rings. The van der Waals surface area contributed by atoms with Gasteiger partial charge in [-0.2, -0.15) is 0 Å². The molecule has 1 N–H and O–H groups in total. The van der Waals surface area contributed by atoms with Crippen LogP contribution in [0.2, 0.25) is 0 Å². The van der Waals surface area contributed by atoms with Gasteiger partial charge in [0.15, 0.2) is 11.5 Å². The van der Waals surface area contributed by atoms with Crippen LogP contribution >= 0.6 is 0 Å². The fourth-order valence-corrected chi connectivity index (χ4v) is 5.64. The molecule has 208 valence electrons. The maximum atomic E-state index is 11.9. The summed E-state index contributed by atoms with van der Waals surface area (Å²) in [7, 11) is -10.8. The minimum Gasteiger partial charge on any atom is -0.726 e. The minimum absolute atomic E-state index is 0. The van der Waals surface area contributed by atoms with E-state index in [0.29, 0.717) is 34.8 Å². The van der Waals surface area contributed by atoms with Crippen LogP contribution in [0.4, 0.5) is 0 Å². The molecule has 2 heterocycles. The quantitative estimate of drug-likeness (QED) is 0.141. The molecule has 0 radical (unpaired) electrons. The molecule has 4 atom stereocenters. The van der Waals surface area contributed by atoms with E-state index in [4.69, 9.17) is 22.6 Å². The second kappa shape index (κ2) is 14.5. The third-order valence-corrected chi connectivity index (χ3v) is 7.16. The van der Waals surface area contributed by atoms with Crippen LogP contribution < -0.4 is 68.6 Å². The molecule has 1 aliphatic heterocycles. The van der Waals surface area contributed by atoms with Crippen molar-refractivity contribution < 1.29 is 108 Å². The van der Waals surface area contributed by atoms with E-state index in [9.17, 15) is 25.9 Å². The molecule has 1 aliphatic carbocycles. The zero-order valence-electron chi connectivity index (χ0n) is 22.2. The van der Waals surface area contributed by atoms with E-state index >= 15 is 0 Å². The number of benzene rings is 2. The Labute approximate surface area is 281 Å². The first-order valence-corrected chi connectivity index (χ1v) is 14.4. The summed E-state index contributed by atoms with van der Waals surface area (Å²) in [5, 5.41) is 0. The first-order valence-electron chi connectivity index (χ1n) is 11.8. The van der Waals surface area contributed by atoms with Crippen LogP contribution in [0.1, 0.15) is 22.6 Å². The molecule has 12 nitrogen and oxygen atoms in total. The summed E-state index contributed by atoms with van der Waals surface area (Å²) in [6, 6.07) is 15.3. The average molecular weight is 624 g/mol. The summed E-state index contributed by atoms with van der Waals surface area (Å²) < 4.78 is 98.1. The second-order valence-electron chi connectivity index (χ2n) is 8.81. The number of hydrogen-bond donors (Lipinski definition) is 1. The Bertz CT molecular complexity index is 1550. The standard InChI is InChI=1S/C25H25NO11S2.2Na/c27-38(28,29)36-24-19(17-6-7-21-22(12-17)34-11-10-33-21)13-20(18-8-9-26-14-18)23(25(24)37-39(30,31)32)35-15-16-4-2-1-3-5-16;;/h1-9,12-14,20,23-26H,10-11,15H2,(H,27,28,29)(H,30,31,32);;/q;2*+1/p-2/t20-,23-,24-,25+;;/m1../s1. The molecule has 2 aromatic carbocycles. The monoisotopic (exact) mass is 623 g/mol. The number of ether oxygens (including phenoxy) is 3. The van der Waals surface area contributed by atoms with Gasteiger partial charge in [-0.25, -0.2) is 16.8 Å². The van der Waals surface area contributed by atoms with Crippen LogP contribution in [0.3, 0.4) is 0 Å². The average Bonchev–Trinajstić information content (AvgIpc) is 3.42. The Morgan fingerprint density at radius 1 is 0.854 bits per heavy atom. The van der Waals surface area contributed by atoms with Gasteiger partial charge in [-0.1, -0.05) is 42.5 Å². The molecule has 5 rings (SSSR count). The predicted molar refractivity (Wildman–Crippen MR) is 133 cm³/mol. The zero-order chi connectivity index (χ0) is 27.6. The van der Waals surface area contributed by atoms with E-state index in [0.717, 1.165) is 0 Å². The molecular formula is C25H23NNa2O11S2. The van der Waals surface area contributed by atoms with Gasteiger partial charge >= 0.3 is 59.1 Å². The maximum absolute atomic E-state index is 11.9. The zero-order valence-corrected chi connectivity index (χ0v) is 27.8. The molecule has 16 heteroatoms. The Balaban J connectivity index is 0.00000231. The van der Waals surface area contributed by atoms with Crippen LogP contribution in [0.5, 0.6) is 11.5 Å². The van der Waals surface area contributed by atoms with E-state index in [-0.39, 0.29) is 77.9 Å². The number of aromatic nitrogens is 1. The van der Waals surface area contributed by atoms with Crippen molar-refractivity contribution in [1.82, 2.24) is 4.98 Å². The first-order chi connectivity index (χ1) is 18.6. The summed E-state index contributed by atoms with van der Waals surface area (Å²) >= 11 is 0. The molecule has 2 aliphatic rings. The van der Waals surface area contributed by atoms with Crippen molar-refractivity contribution in [3.8, 4) is 11.5 Å². The Hall–Kier alpha value is -1.24. The topological polar surface area (TPSA) is 176 Å². The molecule has 1 aromatic heterocycles. The van der Waals surface area contributed by atoms with Crippen molar-refractivity contribution in [3.63, 3.8) is 0 Å². The van der Waals surface area contributed by atoms with Gasteiger partial charge in [0.1, 0.15) is 25.4 Å². The Kier molecular flexibility index (Phi) is 12.1. The van der Waals surface area contributed by atoms with Crippen molar-refractivity contribution in [2.75, 3.05) is 13.2 Å². The largest absolute Gasteiger partial charge is 1.00 e. The number of H-pyrrole nitrogens is 1. The first kappa shape index (κ1) is 34.3. The molecule has 41 heavy (non-hydrogen) atoms. The summed E-state index contributed by atoms with van der Waals surface area (Å²) in [4.78, 5) is 2.91. The number of hydrogen-bond acceptors (Lipinski definition) is 11. The van der Waals surface area contributed by atoms with Gasteiger partial charge in [-0.3, -0.25) is 8.37 Å². The van der Waals surface area contributed by atoms with Crippen molar-refractivity contribution in [2.45, 2.75) is 30.8 Å². The van der Waals surface area contributed by atoms with Gasteiger partial charge in [-0.05, 0) is 40.5 Å². The number of rotatable bonds is 9. The number of aromatic amines is 1. The van der Waals surface area contributed by atoms with Crippen LogP contribution in [0.25, 0.3) is 5.57 Å². The Morgan fingerprint density at radius 2 is 1.54 bits per heavy atom. The molecule has 0 amide bonds. The summed E-state index contributed by atoms with van der Waals surface area (Å²) in [5.74, 6) is 0.0265. The van der Waals surface area contributed by atoms with E-state index in [1.165, 1.54) is 6.07 Å². The summed E-state index contributed by atoms with van der Waals surface area (Å²) in [6.07, 6.45) is -0.112. The molecular weight excluding hydrogens is 600 g/mol. The minimum atomic E-state index is -5.43. The van der Waals surface area contributed by atoms with Crippen LogP contribution in [0, 0.1) is 0 Å². The molecule has 0 unspecified atom stereocenters. The SMILES string of the molecule is O=S(=O)([O-])O[C@H]1[C@H](OCc2ccccc2)[C@@H](c2cc[nH]c2)C=C(c2ccc3c(c2)OCCO3)[C@H]1OS(=O)(=O)[O-].[Na+].[Na+]. The normalized spacial score (nSPS) is 22.1. The fraction of sp³-hybridized carbons (Fsp3) is 0.280. The van der Waals surface area contributed by atoms with E-state index in [2.05, 4.69) is 4.98 Å². The van der Waals surface area contributed by atoms with Gasteiger partial charge < -0.3 is 28.3 Å². The van der Waals surface area contributed by atoms with E-state index in [1.807, 2.05) is 0 Å². The predicted octanol–water partition coefficient (Wildman–Crippen LogP) is -3.75. The van der Waals surface area contributed by atoms with Gasteiger partial charge in [-0.15, -0.1) is 0 Å². The van der Waals surface area contributed by atoms with Crippen LogP contribution in [-0.2, 0) is 40.5 Å². The molecule has 0 saturated heterocycles. The van der Waals surface area contributed by atoms with E-state index < -0.39 is 45.0 Å². The number of nitrogens with one attached hydrogen (secondary N) is 1. The maximum Gasteiger partial charge on any atom is 1.00 e. The molecule has 0 bridgehead atoms.